The summed E-state index contributed by atoms with van der Waals surface area (Å²) in [6, 6.07) is 7.67. The first-order chi connectivity index (χ1) is 11.3. The highest BCUT2D eigenvalue weighted by atomic mass is 16.5. The lowest BCUT2D eigenvalue weighted by Crippen LogP contribution is -2.42. The Bertz CT molecular complexity index is 584. The van der Waals surface area contributed by atoms with Crippen molar-refractivity contribution in [3.8, 4) is 5.75 Å². The fourth-order valence-corrected chi connectivity index (χ4v) is 2.63. The third kappa shape index (κ3) is 4.15. The number of amides is 1. The van der Waals surface area contributed by atoms with Gasteiger partial charge >= 0.3 is 0 Å². The van der Waals surface area contributed by atoms with Crippen LogP contribution in [0.4, 0.5) is 5.69 Å². The van der Waals surface area contributed by atoms with Crippen LogP contribution < -0.4 is 20.3 Å². The SMILES string of the molecule is CN=C(NCCCN1C(=O)COc2ccccc21)NCC1CC1. The van der Waals surface area contributed by atoms with E-state index in [0.717, 1.165) is 42.8 Å². The van der Waals surface area contributed by atoms with E-state index in [0.29, 0.717) is 6.54 Å². The number of hydrogen-bond donors (Lipinski definition) is 2. The van der Waals surface area contributed by atoms with E-state index in [2.05, 4.69) is 15.6 Å². The van der Waals surface area contributed by atoms with E-state index in [1.165, 1.54) is 12.8 Å². The Kier molecular flexibility index (Phi) is 5.00. The van der Waals surface area contributed by atoms with Crippen LogP contribution in [0.1, 0.15) is 19.3 Å². The lowest BCUT2D eigenvalue weighted by molar-refractivity contribution is -0.121. The Balaban J connectivity index is 1.45. The molecule has 0 bridgehead atoms. The van der Waals surface area contributed by atoms with Crippen LogP contribution in [0, 0.1) is 5.92 Å². The minimum atomic E-state index is 0.0138. The van der Waals surface area contributed by atoms with Gasteiger partial charge in [0.1, 0.15) is 5.75 Å². The highest BCUT2D eigenvalue weighted by Crippen LogP contribution is 2.31. The van der Waals surface area contributed by atoms with Gasteiger partial charge in [0.15, 0.2) is 12.6 Å². The van der Waals surface area contributed by atoms with E-state index in [1.807, 2.05) is 24.3 Å². The molecule has 0 saturated heterocycles. The van der Waals surface area contributed by atoms with Crippen molar-refractivity contribution in [3.05, 3.63) is 24.3 Å². The Labute approximate surface area is 136 Å². The second-order valence-electron chi connectivity index (χ2n) is 5.98. The molecule has 1 aromatic rings. The lowest BCUT2D eigenvalue weighted by Gasteiger charge is -2.29. The van der Waals surface area contributed by atoms with Crippen molar-refractivity contribution in [1.82, 2.24) is 10.6 Å². The van der Waals surface area contributed by atoms with Crippen LogP contribution in [0.25, 0.3) is 0 Å². The highest BCUT2D eigenvalue weighted by Gasteiger charge is 2.24. The molecule has 1 aliphatic carbocycles. The summed E-state index contributed by atoms with van der Waals surface area (Å²) in [5.74, 6) is 2.45. The number of nitrogens with zero attached hydrogens (tertiary/aromatic N) is 2. The van der Waals surface area contributed by atoms with Gasteiger partial charge < -0.3 is 20.3 Å². The van der Waals surface area contributed by atoms with Gasteiger partial charge in [0, 0.05) is 26.7 Å². The molecular weight excluding hydrogens is 292 g/mol. The first-order valence-electron chi connectivity index (χ1n) is 8.24. The van der Waals surface area contributed by atoms with E-state index >= 15 is 0 Å². The maximum Gasteiger partial charge on any atom is 0.265 e. The average Bonchev–Trinajstić information content (AvgIpc) is 3.40. The Morgan fingerprint density at radius 3 is 2.96 bits per heavy atom. The standard InChI is InChI=1S/C17H24N4O2/c1-18-17(20-11-13-7-8-13)19-9-4-10-21-14-5-2-3-6-15(14)23-12-16(21)22/h2-3,5-6,13H,4,7-12H2,1H3,(H2,18,19,20). The van der Waals surface area contributed by atoms with Crippen molar-refractivity contribution in [2.45, 2.75) is 19.3 Å². The van der Waals surface area contributed by atoms with Crippen molar-refractivity contribution in [3.63, 3.8) is 0 Å². The molecule has 0 radical (unpaired) electrons. The molecule has 1 heterocycles. The number of hydrogen-bond acceptors (Lipinski definition) is 3. The Hall–Kier alpha value is -2.24. The molecule has 3 rings (SSSR count). The molecule has 1 fully saturated rings. The number of nitrogens with one attached hydrogen (secondary N) is 2. The number of fused-ring (bicyclic) bond motifs is 1. The first kappa shape index (κ1) is 15.6. The number of aliphatic imine (C=N–C) groups is 1. The molecule has 23 heavy (non-hydrogen) atoms. The van der Waals surface area contributed by atoms with Gasteiger partial charge in [-0.2, -0.15) is 0 Å². The van der Waals surface area contributed by atoms with Gasteiger partial charge in [-0.05, 0) is 37.3 Å². The van der Waals surface area contributed by atoms with E-state index in [4.69, 9.17) is 4.74 Å². The van der Waals surface area contributed by atoms with Crippen molar-refractivity contribution in [2.24, 2.45) is 10.9 Å². The van der Waals surface area contributed by atoms with Crippen molar-refractivity contribution in [1.29, 1.82) is 0 Å². The summed E-state index contributed by atoms with van der Waals surface area (Å²) in [5.41, 5.74) is 0.861. The maximum atomic E-state index is 12.1. The zero-order chi connectivity index (χ0) is 16.1. The molecule has 2 aliphatic rings. The molecule has 0 spiro atoms. The molecule has 1 aromatic carbocycles. The second-order valence-corrected chi connectivity index (χ2v) is 5.98. The van der Waals surface area contributed by atoms with Crippen LogP contribution in [0.15, 0.2) is 29.3 Å². The fourth-order valence-electron chi connectivity index (χ4n) is 2.63. The summed E-state index contributed by atoms with van der Waals surface area (Å²) in [6.45, 7) is 2.56. The predicted octanol–water partition coefficient (Wildman–Crippen LogP) is 1.38. The van der Waals surface area contributed by atoms with Crippen LogP contribution in [-0.4, -0.2) is 45.2 Å². The first-order valence-corrected chi connectivity index (χ1v) is 8.24. The van der Waals surface area contributed by atoms with Crippen LogP contribution in [0.2, 0.25) is 0 Å². The van der Waals surface area contributed by atoms with Gasteiger partial charge in [0.25, 0.3) is 5.91 Å². The van der Waals surface area contributed by atoms with Crippen molar-refractivity contribution in [2.75, 3.05) is 38.2 Å². The number of carbonyl (C=O) groups is 1. The average molecular weight is 316 g/mol. The minimum absolute atomic E-state index is 0.0138. The van der Waals surface area contributed by atoms with E-state index in [9.17, 15) is 4.79 Å². The third-order valence-corrected chi connectivity index (χ3v) is 4.14. The van der Waals surface area contributed by atoms with Gasteiger partial charge in [-0.25, -0.2) is 0 Å². The third-order valence-electron chi connectivity index (χ3n) is 4.14. The zero-order valence-electron chi connectivity index (χ0n) is 13.5. The number of carbonyl (C=O) groups excluding carboxylic acids is 1. The number of rotatable bonds is 6. The molecule has 1 amide bonds. The van der Waals surface area contributed by atoms with Gasteiger partial charge in [0.2, 0.25) is 0 Å². The van der Waals surface area contributed by atoms with Crippen LogP contribution >= 0.6 is 0 Å². The smallest absolute Gasteiger partial charge is 0.265 e. The lowest BCUT2D eigenvalue weighted by atomic mass is 10.2. The van der Waals surface area contributed by atoms with Gasteiger partial charge in [-0.1, -0.05) is 12.1 Å². The number of benzene rings is 1. The molecule has 1 aliphatic heterocycles. The molecule has 1 saturated carbocycles. The molecule has 124 valence electrons. The number of anilines is 1. The monoisotopic (exact) mass is 316 g/mol. The van der Waals surface area contributed by atoms with Gasteiger partial charge in [0.05, 0.1) is 5.69 Å². The van der Waals surface area contributed by atoms with Crippen molar-refractivity contribution < 1.29 is 9.53 Å². The molecule has 0 atom stereocenters. The van der Waals surface area contributed by atoms with Gasteiger partial charge in [-0.15, -0.1) is 0 Å². The summed E-state index contributed by atoms with van der Waals surface area (Å²) in [6.07, 6.45) is 3.50. The van der Waals surface area contributed by atoms with E-state index in [-0.39, 0.29) is 12.5 Å². The molecular formula is C17H24N4O2. The second kappa shape index (κ2) is 7.35. The number of para-hydroxylation sites is 2. The molecule has 6 heteroatoms. The Morgan fingerprint density at radius 2 is 2.17 bits per heavy atom. The molecule has 0 unspecified atom stereocenters. The van der Waals surface area contributed by atoms with E-state index in [1.54, 1.807) is 11.9 Å². The fraction of sp³-hybridized carbons (Fsp3) is 0.529. The summed E-state index contributed by atoms with van der Waals surface area (Å²) < 4.78 is 5.45. The van der Waals surface area contributed by atoms with Crippen molar-refractivity contribution >= 4 is 17.6 Å². The Morgan fingerprint density at radius 1 is 1.35 bits per heavy atom. The highest BCUT2D eigenvalue weighted by molar-refractivity contribution is 5.97. The van der Waals surface area contributed by atoms with Crippen LogP contribution in [0.5, 0.6) is 5.75 Å². The molecule has 2 N–H and O–H groups in total. The summed E-state index contributed by atoms with van der Waals surface area (Å²) in [5, 5.41) is 6.63. The zero-order valence-corrected chi connectivity index (χ0v) is 13.5. The number of guanidine groups is 1. The molecule has 6 nitrogen and oxygen atoms in total. The number of ether oxygens (including phenoxy) is 1. The van der Waals surface area contributed by atoms with Crippen LogP contribution in [-0.2, 0) is 4.79 Å². The largest absolute Gasteiger partial charge is 0.482 e. The molecule has 0 aromatic heterocycles. The predicted molar refractivity (Wildman–Crippen MR) is 91.0 cm³/mol. The normalized spacial score (nSPS) is 17.5. The summed E-state index contributed by atoms with van der Waals surface area (Å²) in [7, 11) is 1.78. The van der Waals surface area contributed by atoms with E-state index < -0.39 is 0 Å². The maximum absolute atomic E-state index is 12.1. The minimum Gasteiger partial charge on any atom is -0.482 e. The van der Waals surface area contributed by atoms with Crippen LogP contribution in [0.3, 0.4) is 0 Å². The van der Waals surface area contributed by atoms with Gasteiger partial charge in [-0.3, -0.25) is 9.79 Å². The quantitative estimate of drug-likeness (QED) is 0.473. The summed E-state index contributed by atoms with van der Waals surface area (Å²) in [4.78, 5) is 18.1. The topological polar surface area (TPSA) is 66.0 Å². The summed E-state index contributed by atoms with van der Waals surface area (Å²) >= 11 is 0.